The minimum absolute atomic E-state index is 0.0111. The van der Waals surface area contributed by atoms with Crippen molar-refractivity contribution in [2.24, 2.45) is 0 Å². The molecule has 1 atom stereocenters. The number of anilines is 1. The monoisotopic (exact) mass is 397 g/mol. The fourth-order valence-electron chi connectivity index (χ4n) is 2.84. The quantitative estimate of drug-likeness (QED) is 0.590. The Morgan fingerprint density at radius 2 is 1.97 bits per heavy atom. The number of nitrogens with one attached hydrogen (secondary N) is 2. The van der Waals surface area contributed by atoms with E-state index in [2.05, 4.69) is 20.4 Å². The normalized spacial score (nSPS) is 12.1. The minimum Gasteiger partial charge on any atom is -0.453 e. The van der Waals surface area contributed by atoms with Crippen LogP contribution in [-0.2, 0) is 20.7 Å². The van der Waals surface area contributed by atoms with Gasteiger partial charge < -0.3 is 15.0 Å². The summed E-state index contributed by atoms with van der Waals surface area (Å²) >= 11 is 0. The molecule has 0 bridgehead atoms. The van der Waals surface area contributed by atoms with Crippen molar-refractivity contribution >= 4 is 28.6 Å². The molecule has 152 valence electrons. The second-order valence-corrected chi connectivity index (χ2v) is 6.91. The van der Waals surface area contributed by atoms with Crippen LogP contribution in [-0.4, -0.2) is 37.7 Å². The summed E-state index contributed by atoms with van der Waals surface area (Å²) in [5, 5.41) is 7.33. The maximum Gasteiger partial charge on any atom is 0.307 e. The molecule has 0 radical (unpaired) electrons. The van der Waals surface area contributed by atoms with Crippen LogP contribution in [0.2, 0.25) is 0 Å². The fourth-order valence-corrected chi connectivity index (χ4v) is 2.84. The number of hydrogen-bond acceptors (Lipinski definition) is 6. The zero-order valence-electron chi connectivity index (χ0n) is 16.5. The van der Waals surface area contributed by atoms with Gasteiger partial charge in [0.25, 0.3) is 11.5 Å². The van der Waals surface area contributed by atoms with E-state index in [1.807, 2.05) is 13.8 Å². The van der Waals surface area contributed by atoms with Crippen molar-refractivity contribution in [3.63, 3.8) is 0 Å². The Kier molecular flexibility index (Phi) is 6.06. The number of para-hydroxylation sites is 1. The molecular formula is C20H23N5O4. The van der Waals surface area contributed by atoms with Gasteiger partial charge in [0.05, 0.1) is 23.5 Å². The van der Waals surface area contributed by atoms with Crippen LogP contribution >= 0.6 is 0 Å². The first-order chi connectivity index (χ1) is 13.8. The number of carbonyl (C=O) groups is 2. The summed E-state index contributed by atoms with van der Waals surface area (Å²) in [6, 6.07) is 8.73. The van der Waals surface area contributed by atoms with E-state index in [0.717, 1.165) is 0 Å². The molecule has 9 nitrogen and oxygen atoms in total. The second kappa shape index (κ2) is 8.68. The third-order valence-corrected chi connectivity index (χ3v) is 4.32. The third-order valence-electron chi connectivity index (χ3n) is 4.32. The third kappa shape index (κ3) is 4.87. The van der Waals surface area contributed by atoms with Crippen molar-refractivity contribution in [2.45, 2.75) is 45.8 Å². The van der Waals surface area contributed by atoms with E-state index in [9.17, 15) is 14.4 Å². The number of ether oxygens (including phenoxy) is 1. The predicted molar refractivity (Wildman–Crippen MR) is 107 cm³/mol. The number of amides is 1. The number of aryl methyl sites for hydroxylation is 1. The average molecular weight is 397 g/mol. The molecule has 0 spiro atoms. The predicted octanol–water partition coefficient (Wildman–Crippen LogP) is 2.20. The first-order valence-corrected chi connectivity index (χ1v) is 9.37. The molecule has 1 amide bonds. The van der Waals surface area contributed by atoms with Gasteiger partial charge in [-0.15, -0.1) is 0 Å². The summed E-state index contributed by atoms with van der Waals surface area (Å²) in [4.78, 5) is 43.5. The maximum absolute atomic E-state index is 12.3. The topological polar surface area (TPSA) is 119 Å². The second-order valence-electron chi connectivity index (χ2n) is 6.91. The van der Waals surface area contributed by atoms with Crippen molar-refractivity contribution in [1.82, 2.24) is 19.7 Å². The number of carbonyl (C=O) groups excluding carboxylic acids is 2. The molecular weight excluding hydrogens is 374 g/mol. The van der Waals surface area contributed by atoms with Gasteiger partial charge in [0, 0.05) is 18.5 Å². The molecule has 1 aromatic carbocycles. The van der Waals surface area contributed by atoms with E-state index in [-0.39, 0.29) is 24.4 Å². The molecule has 0 aliphatic heterocycles. The number of fused-ring (bicyclic) bond motifs is 1. The van der Waals surface area contributed by atoms with Crippen LogP contribution < -0.4 is 10.9 Å². The van der Waals surface area contributed by atoms with E-state index in [4.69, 9.17) is 4.74 Å². The van der Waals surface area contributed by atoms with E-state index >= 15 is 0 Å². The molecule has 0 fully saturated rings. The van der Waals surface area contributed by atoms with Crippen LogP contribution in [0.4, 0.5) is 5.82 Å². The first kappa shape index (κ1) is 20.2. The lowest BCUT2D eigenvalue weighted by atomic mass is 10.2. The number of aromatic amines is 1. The smallest absolute Gasteiger partial charge is 0.307 e. The highest BCUT2D eigenvalue weighted by Gasteiger charge is 2.20. The SMILES string of the molecule is CC(C)n1nccc1NC(=O)[C@@H](C)OC(=O)CCc1nc2ccccc2c(=O)[nH]1. The summed E-state index contributed by atoms with van der Waals surface area (Å²) in [5.41, 5.74) is 0.308. The minimum atomic E-state index is -0.971. The molecule has 0 unspecified atom stereocenters. The lowest BCUT2D eigenvalue weighted by molar-refractivity contribution is -0.153. The highest BCUT2D eigenvalue weighted by Crippen LogP contribution is 2.14. The van der Waals surface area contributed by atoms with Crippen LogP contribution in [0.5, 0.6) is 0 Å². The molecule has 0 saturated heterocycles. The zero-order valence-corrected chi connectivity index (χ0v) is 16.5. The van der Waals surface area contributed by atoms with Crippen molar-refractivity contribution in [3.05, 3.63) is 52.7 Å². The van der Waals surface area contributed by atoms with Gasteiger partial charge in [-0.05, 0) is 32.9 Å². The molecule has 0 aliphatic rings. The summed E-state index contributed by atoms with van der Waals surface area (Å²) in [5.74, 6) is -0.0757. The lowest BCUT2D eigenvalue weighted by Crippen LogP contribution is -2.31. The van der Waals surface area contributed by atoms with Crippen LogP contribution in [0.1, 0.15) is 39.1 Å². The van der Waals surface area contributed by atoms with Crippen molar-refractivity contribution in [3.8, 4) is 0 Å². The highest BCUT2D eigenvalue weighted by atomic mass is 16.5. The Morgan fingerprint density at radius 3 is 2.72 bits per heavy atom. The Hall–Kier alpha value is -3.49. The van der Waals surface area contributed by atoms with Gasteiger partial charge in [0.15, 0.2) is 6.10 Å². The molecule has 3 aromatic rings. The number of rotatable bonds is 7. The van der Waals surface area contributed by atoms with Crippen LogP contribution in [0.15, 0.2) is 41.3 Å². The lowest BCUT2D eigenvalue weighted by Gasteiger charge is -2.15. The molecule has 2 heterocycles. The van der Waals surface area contributed by atoms with Crippen molar-refractivity contribution < 1.29 is 14.3 Å². The van der Waals surface area contributed by atoms with E-state index in [1.54, 1.807) is 41.2 Å². The summed E-state index contributed by atoms with van der Waals surface area (Å²) < 4.78 is 6.86. The zero-order chi connectivity index (χ0) is 21.0. The molecule has 2 N–H and O–H groups in total. The van der Waals surface area contributed by atoms with Crippen LogP contribution in [0.25, 0.3) is 10.9 Å². The van der Waals surface area contributed by atoms with Gasteiger partial charge in [-0.25, -0.2) is 9.67 Å². The Bertz CT molecular complexity index is 1090. The first-order valence-electron chi connectivity index (χ1n) is 9.37. The molecule has 0 saturated carbocycles. The number of benzene rings is 1. The van der Waals surface area contributed by atoms with Crippen molar-refractivity contribution in [1.29, 1.82) is 0 Å². The summed E-state index contributed by atoms with van der Waals surface area (Å²) in [6.07, 6.45) is 0.807. The van der Waals surface area contributed by atoms with E-state index < -0.39 is 18.0 Å². The summed E-state index contributed by atoms with van der Waals surface area (Å²) in [7, 11) is 0. The van der Waals surface area contributed by atoms with Crippen molar-refractivity contribution in [2.75, 3.05) is 5.32 Å². The largest absolute Gasteiger partial charge is 0.453 e. The molecule has 0 aliphatic carbocycles. The maximum atomic E-state index is 12.3. The van der Waals surface area contributed by atoms with Gasteiger partial charge in [0.2, 0.25) is 0 Å². The molecule has 9 heteroatoms. The fraction of sp³-hybridized carbons (Fsp3) is 0.350. The van der Waals surface area contributed by atoms with Gasteiger partial charge >= 0.3 is 5.97 Å². The number of esters is 1. The number of nitrogens with zero attached hydrogens (tertiary/aromatic N) is 3. The number of aromatic nitrogens is 4. The summed E-state index contributed by atoms with van der Waals surface area (Å²) in [6.45, 7) is 5.38. The highest BCUT2D eigenvalue weighted by molar-refractivity contribution is 5.94. The Morgan fingerprint density at radius 1 is 1.21 bits per heavy atom. The van der Waals surface area contributed by atoms with E-state index in [1.165, 1.54) is 6.92 Å². The van der Waals surface area contributed by atoms with Gasteiger partial charge in [-0.1, -0.05) is 12.1 Å². The Balaban J connectivity index is 1.55. The molecule has 2 aromatic heterocycles. The van der Waals surface area contributed by atoms with Crippen LogP contribution in [0, 0.1) is 0 Å². The standard InChI is InChI=1S/C20H23N5O4/c1-12(2)25-17(10-11-21-25)24-19(27)13(3)29-18(26)9-8-16-22-15-7-5-4-6-14(15)20(28)23-16/h4-7,10-13H,8-9H2,1-3H3,(H,24,27)(H,22,23,28)/t13-/m1/s1. The Labute approximate surface area is 167 Å². The van der Waals surface area contributed by atoms with Crippen LogP contribution in [0.3, 0.4) is 0 Å². The van der Waals surface area contributed by atoms with Gasteiger partial charge in [-0.2, -0.15) is 5.10 Å². The molecule has 29 heavy (non-hydrogen) atoms. The molecule has 3 rings (SSSR count). The number of hydrogen-bond donors (Lipinski definition) is 2. The average Bonchev–Trinajstić information content (AvgIpc) is 3.15. The van der Waals surface area contributed by atoms with E-state index in [0.29, 0.717) is 22.5 Å². The van der Waals surface area contributed by atoms with Gasteiger partial charge in [-0.3, -0.25) is 14.4 Å². The van der Waals surface area contributed by atoms with Gasteiger partial charge in [0.1, 0.15) is 11.6 Å². The number of H-pyrrole nitrogens is 1.